The summed E-state index contributed by atoms with van der Waals surface area (Å²) >= 11 is 1.28. The van der Waals surface area contributed by atoms with E-state index in [-0.39, 0.29) is 17.7 Å². The van der Waals surface area contributed by atoms with Crippen LogP contribution in [0.3, 0.4) is 0 Å². The molecule has 1 atom stereocenters. The predicted octanol–water partition coefficient (Wildman–Crippen LogP) is 3.54. The van der Waals surface area contributed by atoms with Gasteiger partial charge in [0.15, 0.2) is 0 Å². The summed E-state index contributed by atoms with van der Waals surface area (Å²) in [5.41, 5.74) is 1.08. The van der Waals surface area contributed by atoms with Crippen molar-refractivity contribution in [1.29, 1.82) is 0 Å². The van der Waals surface area contributed by atoms with Crippen LogP contribution in [0.2, 0.25) is 0 Å². The molecular formula is C18H18N4O2S. The Labute approximate surface area is 149 Å². The Morgan fingerprint density at radius 3 is 2.88 bits per heavy atom. The number of carbonyl (C=O) groups excluding carboxylic acids is 1. The monoisotopic (exact) mass is 354 g/mol. The summed E-state index contributed by atoms with van der Waals surface area (Å²) in [4.78, 5) is 16.3. The van der Waals surface area contributed by atoms with E-state index in [2.05, 4.69) is 20.5 Å². The van der Waals surface area contributed by atoms with Crippen LogP contribution in [0, 0.1) is 0 Å². The Bertz CT molecular complexity index is 828. The Morgan fingerprint density at radius 2 is 2.12 bits per heavy atom. The van der Waals surface area contributed by atoms with Gasteiger partial charge < -0.3 is 9.73 Å². The molecule has 128 valence electrons. The minimum atomic E-state index is -0.167. The van der Waals surface area contributed by atoms with E-state index in [0.29, 0.717) is 11.0 Å². The van der Waals surface area contributed by atoms with Crippen LogP contribution in [0.5, 0.6) is 0 Å². The quantitative estimate of drug-likeness (QED) is 0.634. The summed E-state index contributed by atoms with van der Waals surface area (Å²) in [6.45, 7) is 1.88. The Hall–Kier alpha value is -2.80. The maximum absolute atomic E-state index is 12.0. The topological polar surface area (TPSA) is 83.8 Å². The number of H-pyrrole nitrogens is 1. The Morgan fingerprint density at radius 1 is 1.28 bits per heavy atom. The number of aromatic amines is 1. The second kappa shape index (κ2) is 8.34. The van der Waals surface area contributed by atoms with Crippen LogP contribution in [0.15, 0.2) is 58.3 Å². The van der Waals surface area contributed by atoms with Crippen molar-refractivity contribution in [3.05, 3.63) is 65.9 Å². The van der Waals surface area contributed by atoms with E-state index in [1.807, 2.05) is 55.5 Å². The number of amides is 1. The Kier molecular flexibility index (Phi) is 5.69. The van der Waals surface area contributed by atoms with Gasteiger partial charge >= 0.3 is 0 Å². The first-order chi connectivity index (χ1) is 12.2. The number of hydrogen-bond acceptors (Lipinski definition) is 5. The standard InChI is InChI=1S/C18H18N4O2S/c1-13(15-8-5-11-24-15)19-17(23)12-25-18-20-16(21-22-18)10-9-14-6-3-2-4-7-14/h2-11,13H,12H2,1H3,(H,19,23)(H,20,21,22)/b10-9+. The fourth-order valence-corrected chi connectivity index (χ4v) is 2.78. The maximum Gasteiger partial charge on any atom is 0.231 e. The van der Waals surface area contributed by atoms with Crippen LogP contribution < -0.4 is 5.32 Å². The zero-order chi connectivity index (χ0) is 17.5. The number of aromatic nitrogens is 3. The van der Waals surface area contributed by atoms with Gasteiger partial charge in [-0.25, -0.2) is 4.98 Å². The minimum Gasteiger partial charge on any atom is -0.467 e. The lowest BCUT2D eigenvalue weighted by molar-refractivity contribution is -0.119. The van der Waals surface area contributed by atoms with E-state index in [1.54, 1.807) is 12.3 Å². The molecule has 0 saturated carbocycles. The van der Waals surface area contributed by atoms with Crippen LogP contribution in [0.25, 0.3) is 12.2 Å². The third-order valence-electron chi connectivity index (χ3n) is 3.40. The van der Waals surface area contributed by atoms with Gasteiger partial charge in [0.1, 0.15) is 11.6 Å². The van der Waals surface area contributed by atoms with Crippen molar-refractivity contribution in [2.24, 2.45) is 0 Å². The third kappa shape index (κ3) is 5.09. The lowest BCUT2D eigenvalue weighted by atomic mass is 10.2. The highest BCUT2D eigenvalue weighted by Gasteiger charge is 2.13. The molecule has 25 heavy (non-hydrogen) atoms. The highest BCUT2D eigenvalue weighted by atomic mass is 32.2. The molecule has 0 fully saturated rings. The van der Waals surface area contributed by atoms with Crippen LogP contribution in [0.1, 0.15) is 30.1 Å². The fourth-order valence-electron chi connectivity index (χ4n) is 2.16. The van der Waals surface area contributed by atoms with E-state index in [9.17, 15) is 4.79 Å². The zero-order valence-electron chi connectivity index (χ0n) is 13.7. The number of carbonyl (C=O) groups is 1. The second-order valence-electron chi connectivity index (χ2n) is 5.34. The van der Waals surface area contributed by atoms with Gasteiger partial charge in [-0.3, -0.25) is 9.89 Å². The van der Waals surface area contributed by atoms with Gasteiger partial charge in [0.05, 0.1) is 18.1 Å². The van der Waals surface area contributed by atoms with Crippen molar-refractivity contribution in [3.63, 3.8) is 0 Å². The first kappa shape index (κ1) is 17.0. The number of furan rings is 1. The van der Waals surface area contributed by atoms with Crippen molar-refractivity contribution in [2.45, 2.75) is 18.1 Å². The van der Waals surface area contributed by atoms with E-state index < -0.39 is 0 Å². The molecule has 1 aromatic carbocycles. The number of nitrogens with one attached hydrogen (secondary N) is 2. The number of rotatable bonds is 7. The lowest BCUT2D eigenvalue weighted by Gasteiger charge is -2.10. The van der Waals surface area contributed by atoms with Crippen molar-refractivity contribution < 1.29 is 9.21 Å². The van der Waals surface area contributed by atoms with Crippen LogP contribution in [-0.4, -0.2) is 26.8 Å². The number of nitrogens with zero attached hydrogens (tertiary/aromatic N) is 2. The van der Waals surface area contributed by atoms with Crippen molar-refractivity contribution in [1.82, 2.24) is 20.5 Å². The summed E-state index contributed by atoms with van der Waals surface area (Å²) in [7, 11) is 0. The van der Waals surface area contributed by atoms with Gasteiger partial charge in [-0.1, -0.05) is 48.2 Å². The summed E-state index contributed by atoms with van der Waals surface area (Å²) in [5, 5.41) is 10.4. The van der Waals surface area contributed by atoms with Crippen LogP contribution >= 0.6 is 11.8 Å². The number of hydrogen-bond donors (Lipinski definition) is 2. The molecule has 1 unspecified atom stereocenters. The summed E-state index contributed by atoms with van der Waals surface area (Å²) in [6.07, 6.45) is 5.39. The average Bonchev–Trinajstić information content (AvgIpc) is 3.31. The van der Waals surface area contributed by atoms with E-state index >= 15 is 0 Å². The zero-order valence-corrected chi connectivity index (χ0v) is 14.5. The molecule has 3 rings (SSSR count). The maximum atomic E-state index is 12.0. The first-order valence-electron chi connectivity index (χ1n) is 7.82. The van der Waals surface area contributed by atoms with Crippen LogP contribution in [0.4, 0.5) is 0 Å². The molecule has 1 amide bonds. The molecule has 3 aromatic rings. The van der Waals surface area contributed by atoms with Gasteiger partial charge in [0.2, 0.25) is 11.1 Å². The molecule has 2 N–H and O–H groups in total. The molecule has 0 aliphatic rings. The molecule has 0 spiro atoms. The van der Waals surface area contributed by atoms with Gasteiger partial charge in [0.25, 0.3) is 0 Å². The summed E-state index contributed by atoms with van der Waals surface area (Å²) in [6, 6.07) is 13.4. The van der Waals surface area contributed by atoms with Gasteiger partial charge in [-0.15, -0.1) is 5.10 Å². The predicted molar refractivity (Wildman–Crippen MR) is 97.7 cm³/mol. The summed E-state index contributed by atoms with van der Waals surface area (Å²) in [5.74, 6) is 1.52. The molecule has 2 heterocycles. The highest BCUT2D eigenvalue weighted by Crippen LogP contribution is 2.15. The molecule has 2 aromatic heterocycles. The molecule has 0 saturated heterocycles. The molecule has 6 nitrogen and oxygen atoms in total. The van der Waals surface area contributed by atoms with E-state index in [1.165, 1.54) is 11.8 Å². The summed E-state index contributed by atoms with van der Waals surface area (Å²) < 4.78 is 5.27. The van der Waals surface area contributed by atoms with Crippen molar-refractivity contribution in [2.75, 3.05) is 5.75 Å². The molecule has 0 aliphatic carbocycles. The smallest absolute Gasteiger partial charge is 0.231 e. The molecule has 0 radical (unpaired) electrons. The minimum absolute atomic E-state index is 0.0972. The molecule has 0 aliphatic heterocycles. The van der Waals surface area contributed by atoms with Gasteiger partial charge in [-0.05, 0) is 30.7 Å². The fraction of sp³-hybridized carbons (Fsp3) is 0.167. The average molecular weight is 354 g/mol. The van der Waals surface area contributed by atoms with Crippen molar-refractivity contribution >= 4 is 29.8 Å². The van der Waals surface area contributed by atoms with Gasteiger partial charge in [0, 0.05) is 0 Å². The second-order valence-corrected chi connectivity index (χ2v) is 6.28. The normalized spacial score (nSPS) is 12.4. The lowest BCUT2D eigenvalue weighted by Crippen LogP contribution is -2.27. The number of thioether (sulfide) groups is 1. The van der Waals surface area contributed by atoms with Gasteiger partial charge in [-0.2, -0.15) is 0 Å². The highest BCUT2D eigenvalue weighted by molar-refractivity contribution is 7.99. The molecule has 0 bridgehead atoms. The molecular weight excluding hydrogens is 336 g/mol. The number of benzene rings is 1. The van der Waals surface area contributed by atoms with Crippen molar-refractivity contribution in [3.8, 4) is 0 Å². The largest absolute Gasteiger partial charge is 0.467 e. The molecule has 7 heteroatoms. The van der Waals surface area contributed by atoms with E-state index in [0.717, 1.165) is 11.3 Å². The Balaban J connectivity index is 1.48. The third-order valence-corrected chi connectivity index (χ3v) is 4.24. The van der Waals surface area contributed by atoms with E-state index in [4.69, 9.17) is 4.42 Å². The van der Waals surface area contributed by atoms with Crippen LogP contribution in [-0.2, 0) is 4.79 Å². The SMILES string of the molecule is CC(NC(=O)CSc1n[nH]c(/C=C/c2ccccc2)n1)c1ccco1. The first-order valence-corrected chi connectivity index (χ1v) is 8.80.